The van der Waals surface area contributed by atoms with E-state index in [-0.39, 0.29) is 17.1 Å². The lowest BCUT2D eigenvalue weighted by Crippen LogP contribution is -2.26. The highest BCUT2D eigenvalue weighted by atomic mass is 16.8. The average Bonchev–Trinajstić information content (AvgIpc) is 2.72. The van der Waals surface area contributed by atoms with E-state index in [1.54, 1.807) is 12.1 Å². The lowest BCUT2D eigenvalue weighted by Gasteiger charge is -2.18. The number of benzene rings is 1. The fourth-order valence-corrected chi connectivity index (χ4v) is 2.25. The van der Waals surface area contributed by atoms with Gasteiger partial charge in [-0.3, -0.25) is 0 Å². The van der Waals surface area contributed by atoms with Crippen LogP contribution in [0.25, 0.3) is 6.08 Å². The zero-order chi connectivity index (χ0) is 22.5. The summed E-state index contributed by atoms with van der Waals surface area (Å²) in [5.41, 5.74) is 0.829. The van der Waals surface area contributed by atoms with Crippen molar-refractivity contribution in [3.63, 3.8) is 0 Å². The molecule has 1 unspecified atom stereocenters. The minimum atomic E-state index is -1.08. The Kier molecular flexibility index (Phi) is 10.7. The maximum Gasteiger partial charge on any atom is 0.517 e. The molecule has 0 heterocycles. The summed E-state index contributed by atoms with van der Waals surface area (Å²) >= 11 is 0. The van der Waals surface area contributed by atoms with Crippen LogP contribution in [0.4, 0.5) is 4.79 Å². The first-order chi connectivity index (χ1) is 14.3. The Labute approximate surface area is 176 Å². The molecule has 0 radical (unpaired) electrons. The molecule has 1 atom stereocenters. The second-order valence-corrected chi connectivity index (χ2v) is 6.35. The van der Waals surface area contributed by atoms with Gasteiger partial charge in [0.05, 0.1) is 14.2 Å². The molecule has 0 amide bonds. The van der Waals surface area contributed by atoms with Crippen molar-refractivity contribution in [2.75, 3.05) is 14.2 Å². The van der Waals surface area contributed by atoms with E-state index in [4.69, 9.17) is 18.9 Å². The second kappa shape index (κ2) is 13.0. The van der Waals surface area contributed by atoms with E-state index >= 15 is 0 Å². The summed E-state index contributed by atoms with van der Waals surface area (Å²) < 4.78 is 25.3. The normalized spacial score (nSPS) is 11.5. The topological polar surface area (TPSA) is 97.4 Å². The standard InChI is InChI=1S/C22H28O8/c1-6-7-8-9-20(29-21(24)15(2)3)30-22(25)28-17-12-10-16(14-18(17)26-4)11-13-19(23)27-5/h10-14,20H,2,6-9H2,1,3-5H3. The molecule has 0 fully saturated rings. The number of methoxy groups -OCH3 is 2. The fraction of sp³-hybridized carbons (Fsp3) is 0.409. The molecular weight excluding hydrogens is 392 g/mol. The highest BCUT2D eigenvalue weighted by Gasteiger charge is 2.21. The van der Waals surface area contributed by atoms with Gasteiger partial charge in [-0.05, 0) is 37.1 Å². The predicted octanol–water partition coefficient (Wildman–Crippen LogP) is 4.42. The summed E-state index contributed by atoms with van der Waals surface area (Å²) in [5.74, 6) is -0.795. The Balaban J connectivity index is 2.84. The lowest BCUT2D eigenvalue weighted by molar-refractivity contribution is -0.166. The number of hydrogen-bond donors (Lipinski definition) is 0. The van der Waals surface area contributed by atoms with Crippen LogP contribution in [0, 0.1) is 0 Å². The molecule has 8 nitrogen and oxygen atoms in total. The van der Waals surface area contributed by atoms with Crippen LogP contribution in [-0.4, -0.2) is 38.6 Å². The average molecular weight is 420 g/mol. The zero-order valence-corrected chi connectivity index (χ0v) is 17.8. The number of unbranched alkanes of at least 4 members (excludes halogenated alkanes) is 2. The summed E-state index contributed by atoms with van der Waals surface area (Å²) in [4.78, 5) is 35.2. The van der Waals surface area contributed by atoms with Gasteiger partial charge in [0.1, 0.15) is 0 Å². The van der Waals surface area contributed by atoms with E-state index in [1.165, 1.54) is 39.4 Å². The maximum atomic E-state index is 12.2. The molecule has 1 rings (SSSR count). The highest BCUT2D eigenvalue weighted by Crippen LogP contribution is 2.29. The molecule has 1 aromatic carbocycles. The van der Waals surface area contributed by atoms with Gasteiger partial charge in [0.2, 0.25) is 0 Å². The Bertz CT molecular complexity index is 781. The Morgan fingerprint density at radius 2 is 1.83 bits per heavy atom. The molecule has 0 bridgehead atoms. The van der Waals surface area contributed by atoms with E-state index < -0.39 is 24.4 Å². The van der Waals surface area contributed by atoms with Crippen LogP contribution in [0.3, 0.4) is 0 Å². The van der Waals surface area contributed by atoms with Crippen LogP contribution < -0.4 is 9.47 Å². The van der Waals surface area contributed by atoms with Crippen molar-refractivity contribution in [1.29, 1.82) is 0 Å². The molecule has 0 saturated heterocycles. The first-order valence-corrected chi connectivity index (χ1v) is 9.49. The maximum absolute atomic E-state index is 12.2. The van der Waals surface area contributed by atoms with E-state index in [0.717, 1.165) is 12.8 Å². The van der Waals surface area contributed by atoms with Crippen molar-refractivity contribution in [2.24, 2.45) is 0 Å². The van der Waals surface area contributed by atoms with E-state index in [1.807, 2.05) is 6.92 Å². The van der Waals surface area contributed by atoms with Crippen molar-refractivity contribution in [1.82, 2.24) is 0 Å². The van der Waals surface area contributed by atoms with Gasteiger partial charge in [0.15, 0.2) is 11.5 Å². The van der Waals surface area contributed by atoms with Crippen LogP contribution in [0.5, 0.6) is 11.5 Å². The lowest BCUT2D eigenvalue weighted by atomic mass is 10.2. The van der Waals surface area contributed by atoms with Crippen LogP contribution >= 0.6 is 0 Å². The summed E-state index contributed by atoms with van der Waals surface area (Å²) in [6.45, 7) is 7.05. The first kappa shape index (κ1) is 24.7. The molecule has 30 heavy (non-hydrogen) atoms. The third-order valence-corrected chi connectivity index (χ3v) is 3.85. The van der Waals surface area contributed by atoms with E-state index in [9.17, 15) is 14.4 Å². The van der Waals surface area contributed by atoms with Gasteiger partial charge >= 0.3 is 18.1 Å². The molecular formula is C22H28O8. The van der Waals surface area contributed by atoms with Gasteiger partial charge in [-0.15, -0.1) is 0 Å². The van der Waals surface area contributed by atoms with Crippen molar-refractivity contribution >= 4 is 24.2 Å². The largest absolute Gasteiger partial charge is 0.517 e. The number of rotatable bonds is 11. The minimum absolute atomic E-state index is 0.108. The van der Waals surface area contributed by atoms with Crippen molar-refractivity contribution in [3.8, 4) is 11.5 Å². The number of esters is 2. The van der Waals surface area contributed by atoms with Crippen molar-refractivity contribution < 1.29 is 38.1 Å². The van der Waals surface area contributed by atoms with Crippen LogP contribution in [0.15, 0.2) is 36.4 Å². The van der Waals surface area contributed by atoms with Crippen LogP contribution in [0.1, 0.15) is 45.1 Å². The SMILES string of the molecule is C=C(C)C(=O)OC(CCCCC)OC(=O)Oc1ccc(C=CC(=O)OC)cc1OC. The van der Waals surface area contributed by atoms with Crippen LogP contribution in [0.2, 0.25) is 0 Å². The smallest absolute Gasteiger partial charge is 0.493 e. The summed E-state index contributed by atoms with van der Waals surface area (Å²) in [6.07, 6.45) is 3.56. The highest BCUT2D eigenvalue weighted by molar-refractivity contribution is 5.87. The Morgan fingerprint density at radius 1 is 1.10 bits per heavy atom. The summed E-state index contributed by atoms with van der Waals surface area (Å²) in [5, 5.41) is 0. The first-order valence-electron chi connectivity index (χ1n) is 9.49. The number of hydrogen-bond acceptors (Lipinski definition) is 8. The molecule has 0 spiro atoms. The summed E-state index contributed by atoms with van der Waals surface area (Å²) in [6, 6.07) is 4.68. The number of ether oxygens (including phenoxy) is 5. The quantitative estimate of drug-likeness (QED) is 0.171. The third kappa shape index (κ3) is 8.81. The van der Waals surface area contributed by atoms with Crippen molar-refractivity contribution in [2.45, 2.75) is 45.8 Å². The summed E-state index contributed by atoms with van der Waals surface area (Å²) in [7, 11) is 2.68. The van der Waals surface area contributed by atoms with Crippen molar-refractivity contribution in [3.05, 3.63) is 42.0 Å². The number of carbonyl (C=O) groups is 3. The molecule has 8 heteroatoms. The van der Waals surface area contributed by atoms with Gasteiger partial charge < -0.3 is 23.7 Å². The van der Waals surface area contributed by atoms with Gasteiger partial charge in [0, 0.05) is 18.1 Å². The van der Waals surface area contributed by atoms with Gasteiger partial charge in [-0.25, -0.2) is 14.4 Å². The monoisotopic (exact) mass is 420 g/mol. The molecule has 0 N–H and O–H groups in total. The zero-order valence-electron chi connectivity index (χ0n) is 17.8. The van der Waals surface area contributed by atoms with E-state index in [0.29, 0.717) is 18.4 Å². The number of carbonyl (C=O) groups excluding carboxylic acids is 3. The molecule has 0 aromatic heterocycles. The van der Waals surface area contributed by atoms with Crippen LogP contribution in [-0.2, 0) is 23.8 Å². The van der Waals surface area contributed by atoms with Gasteiger partial charge in [-0.2, -0.15) is 0 Å². The molecule has 0 aliphatic heterocycles. The Morgan fingerprint density at radius 3 is 2.43 bits per heavy atom. The Hall–Kier alpha value is -3.29. The second-order valence-electron chi connectivity index (χ2n) is 6.35. The van der Waals surface area contributed by atoms with Gasteiger partial charge in [-0.1, -0.05) is 32.4 Å². The molecule has 1 aromatic rings. The molecule has 0 aliphatic carbocycles. The third-order valence-electron chi connectivity index (χ3n) is 3.85. The minimum Gasteiger partial charge on any atom is -0.493 e. The van der Waals surface area contributed by atoms with E-state index in [2.05, 4.69) is 11.3 Å². The van der Waals surface area contributed by atoms with Gasteiger partial charge in [0.25, 0.3) is 6.29 Å². The molecule has 0 saturated carbocycles. The fourth-order valence-electron chi connectivity index (χ4n) is 2.25. The molecule has 0 aliphatic rings. The predicted molar refractivity (Wildman–Crippen MR) is 110 cm³/mol. The molecule has 164 valence electrons.